The van der Waals surface area contributed by atoms with E-state index >= 15 is 0 Å². The zero-order valence-corrected chi connectivity index (χ0v) is 9.15. The molecule has 102 valence electrons. The molecule has 0 fully saturated rings. The number of ether oxygens (including phenoxy) is 1. The SMILES string of the molecule is N#Cc1ccc(OCC(F)(F)C(F)F)cc1[N+](=O)[O-]. The van der Waals surface area contributed by atoms with Crippen molar-refractivity contribution >= 4 is 5.69 Å². The maximum atomic E-state index is 12.6. The minimum atomic E-state index is -4.36. The van der Waals surface area contributed by atoms with Crippen LogP contribution in [0.2, 0.25) is 0 Å². The Morgan fingerprint density at radius 2 is 2.11 bits per heavy atom. The van der Waals surface area contributed by atoms with Gasteiger partial charge < -0.3 is 4.74 Å². The molecule has 0 saturated carbocycles. The summed E-state index contributed by atoms with van der Waals surface area (Å²) in [5.74, 6) is -4.76. The van der Waals surface area contributed by atoms with Crippen molar-refractivity contribution in [1.29, 1.82) is 5.26 Å². The van der Waals surface area contributed by atoms with Gasteiger partial charge in [-0.15, -0.1) is 0 Å². The number of halogens is 4. The van der Waals surface area contributed by atoms with E-state index in [-0.39, 0.29) is 5.56 Å². The lowest BCUT2D eigenvalue weighted by Gasteiger charge is -2.15. The first-order valence-electron chi connectivity index (χ1n) is 4.75. The summed E-state index contributed by atoms with van der Waals surface area (Å²) in [6.45, 7) is -1.62. The van der Waals surface area contributed by atoms with Gasteiger partial charge in [0.05, 0.1) is 11.0 Å². The lowest BCUT2D eigenvalue weighted by atomic mass is 10.2. The Hall–Kier alpha value is -2.37. The highest BCUT2D eigenvalue weighted by Gasteiger charge is 2.41. The molecule has 0 heterocycles. The molecule has 0 aromatic heterocycles. The molecule has 0 aliphatic rings. The average molecular weight is 278 g/mol. The lowest BCUT2D eigenvalue weighted by molar-refractivity contribution is -0.385. The summed E-state index contributed by atoms with van der Waals surface area (Å²) < 4.78 is 53.2. The van der Waals surface area contributed by atoms with Crippen LogP contribution in [0.25, 0.3) is 0 Å². The number of nitriles is 1. The maximum absolute atomic E-state index is 12.6. The fourth-order valence-corrected chi connectivity index (χ4v) is 1.09. The third kappa shape index (κ3) is 3.54. The van der Waals surface area contributed by atoms with E-state index in [1.54, 1.807) is 0 Å². The summed E-state index contributed by atoms with van der Waals surface area (Å²) in [6.07, 6.45) is -3.90. The third-order valence-corrected chi connectivity index (χ3v) is 2.04. The van der Waals surface area contributed by atoms with Crippen LogP contribution < -0.4 is 4.74 Å². The molecule has 9 heteroatoms. The van der Waals surface area contributed by atoms with Crippen LogP contribution in [0.5, 0.6) is 5.75 Å². The number of alkyl halides is 4. The van der Waals surface area contributed by atoms with Crippen molar-refractivity contribution in [2.75, 3.05) is 6.61 Å². The quantitative estimate of drug-likeness (QED) is 0.471. The van der Waals surface area contributed by atoms with Crippen LogP contribution in [0, 0.1) is 21.4 Å². The Morgan fingerprint density at radius 3 is 2.58 bits per heavy atom. The first-order valence-corrected chi connectivity index (χ1v) is 4.75. The summed E-state index contributed by atoms with van der Waals surface area (Å²) in [5, 5.41) is 19.1. The van der Waals surface area contributed by atoms with Gasteiger partial charge in [-0.3, -0.25) is 10.1 Å². The zero-order chi connectivity index (χ0) is 14.6. The molecule has 1 aromatic carbocycles. The molecule has 0 unspecified atom stereocenters. The number of hydrogen-bond donors (Lipinski definition) is 0. The molecule has 0 spiro atoms. The fraction of sp³-hybridized carbons (Fsp3) is 0.300. The highest BCUT2D eigenvalue weighted by molar-refractivity contribution is 5.52. The van der Waals surface area contributed by atoms with Gasteiger partial charge in [-0.25, -0.2) is 8.78 Å². The molecule has 0 aliphatic carbocycles. The monoisotopic (exact) mass is 278 g/mol. The molecule has 0 amide bonds. The largest absolute Gasteiger partial charge is 0.487 e. The van der Waals surface area contributed by atoms with E-state index in [1.165, 1.54) is 6.07 Å². The van der Waals surface area contributed by atoms with E-state index in [9.17, 15) is 27.7 Å². The summed E-state index contributed by atoms with van der Waals surface area (Å²) in [5.41, 5.74) is -0.946. The fourth-order valence-electron chi connectivity index (χ4n) is 1.09. The van der Waals surface area contributed by atoms with Crippen LogP contribution in [0.4, 0.5) is 23.2 Å². The summed E-state index contributed by atoms with van der Waals surface area (Å²) in [4.78, 5) is 9.67. The van der Waals surface area contributed by atoms with Gasteiger partial charge in [0.1, 0.15) is 17.4 Å². The van der Waals surface area contributed by atoms with Gasteiger partial charge in [-0.2, -0.15) is 14.0 Å². The minimum Gasteiger partial charge on any atom is -0.487 e. The third-order valence-electron chi connectivity index (χ3n) is 2.04. The molecule has 0 aliphatic heterocycles. The Morgan fingerprint density at radius 1 is 1.47 bits per heavy atom. The molecule has 0 N–H and O–H groups in total. The van der Waals surface area contributed by atoms with Crippen LogP contribution in [0.1, 0.15) is 5.56 Å². The van der Waals surface area contributed by atoms with Crippen molar-refractivity contribution in [3.63, 3.8) is 0 Å². The second-order valence-electron chi connectivity index (χ2n) is 3.40. The van der Waals surface area contributed by atoms with Gasteiger partial charge in [0.25, 0.3) is 5.69 Å². The highest BCUT2D eigenvalue weighted by Crippen LogP contribution is 2.27. The standard InChI is InChI=1S/C10H6F4N2O3/c11-9(12)10(13,14)5-19-7-2-1-6(4-15)8(3-7)16(17)18/h1-3,9H,5H2. The summed E-state index contributed by atoms with van der Waals surface area (Å²) >= 11 is 0. The van der Waals surface area contributed by atoms with E-state index in [2.05, 4.69) is 4.74 Å². The molecular formula is C10H6F4N2O3. The number of benzene rings is 1. The van der Waals surface area contributed by atoms with Gasteiger partial charge in [-0.05, 0) is 12.1 Å². The lowest BCUT2D eigenvalue weighted by Crippen LogP contribution is -2.33. The Kier molecular flexibility index (Phi) is 4.26. The van der Waals surface area contributed by atoms with Crippen molar-refractivity contribution in [3.8, 4) is 11.8 Å². The normalized spacial score (nSPS) is 11.2. The van der Waals surface area contributed by atoms with Gasteiger partial charge in [0, 0.05) is 0 Å². The van der Waals surface area contributed by atoms with Crippen molar-refractivity contribution in [1.82, 2.24) is 0 Å². The van der Waals surface area contributed by atoms with Crippen molar-refractivity contribution < 1.29 is 27.2 Å². The number of rotatable bonds is 5. The molecule has 0 radical (unpaired) electrons. The van der Waals surface area contributed by atoms with Gasteiger partial charge in [0.2, 0.25) is 0 Å². The minimum absolute atomic E-state index is 0.294. The topological polar surface area (TPSA) is 76.2 Å². The molecule has 0 saturated heterocycles. The molecular weight excluding hydrogens is 272 g/mol. The van der Waals surface area contributed by atoms with Crippen LogP contribution in [-0.2, 0) is 0 Å². The van der Waals surface area contributed by atoms with Crippen LogP contribution in [0.3, 0.4) is 0 Å². The Balaban J connectivity index is 2.90. The molecule has 0 atom stereocenters. The Bertz CT molecular complexity index is 528. The smallest absolute Gasteiger partial charge is 0.340 e. The van der Waals surface area contributed by atoms with Crippen LogP contribution in [-0.4, -0.2) is 23.9 Å². The molecule has 1 aromatic rings. The van der Waals surface area contributed by atoms with Gasteiger partial charge in [0.15, 0.2) is 6.61 Å². The summed E-state index contributed by atoms with van der Waals surface area (Å²) in [6, 6.07) is 4.24. The predicted molar refractivity (Wildman–Crippen MR) is 54.3 cm³/mol. The maximum Gasteiger partial charge on any atom is 0.340 e. The summed E-state index contributed by atoms with van der Waals surface area (Å²) in [7, 11) is 0. The zero-order valence-electron chi connectivity index (χ0n) is 9.15. The number of hydrogen-bond acceptors (Lipinski definition) is 4. The van der Waals surface area contributed by atoms with Crippen molar-refractivity contribution in [3.05, 3.63) is 33.9 Å². The van der Waals surface area contributed by atoms with Crippen molar-refractivity contribution in [2.45, 2.75) is 12.3 Å². The van der Waals surface area contributed by atoms with Crippen molar-refractivity contribution in [2.24, 2.45) is 0 Å². The van der Waals surface area contributed by atoms with Crippen LogP contribution >= 0.6 is 0 Å². The van der Waals surface area contributed by atoms with E-state index in [1.807, 2.05) is 0 Å². The first-order chi connectivity index (χ1) is 8.77. The second-order valence-corrected chi connectivity index (χ2v) is 3.40. The predicted octanol–water partition coefficient (Wildman–Crippen LogP) is 2.75. The van der Waals surface area contributed by atoms with E-state index < -0.39 is 35.3 Å². The van der Waals surface area contributed by atoms with Gasteiger partial charge in [-0.1, -0.05) is 0 Å². The van der Waals surface area contributed by atoms with E-state index in [0.29, 0.717) is 0 Å². The first kappa shape index (κ1) is 14.7. The molecule has 19 heavy (non-hydrogen) atoms. The van der Waals surface area contributed by atoms with E-state index in [4.69, 9.17) is 5.26 Å². The number of nitro groups is 1. The van der Waals surface area contributed by atoms with Crippen LogP contribution in [0.15, 0.2) is 18.2 Å². The number of nitrogens with zero attached hydrogens (tertiary/aromatic N) is 2. The molecule has 0 bridgehead atoms. The second kappa shape index (κ2) is 5.51. The average Bonchev–Trinajstić information content (AvgIpc) is 2.35. The molecule has 1 rings (SSSR count). The van der Waals surface area contributed by atoms with Gasteiger partial charge >= 0.3 is 12.3 Å². The Labute approximate surface area is 104 Å². The molecule has 5 nitrogen and oxygen atoms in total. The highest BCUT2D eigenvalue weighted by atomic mass is 19.3. The van der Waals surface area contributed by atoms with E-state index in [0.717, 1.165) is 18.2 Å². The number of nitro benzene ring substituents is 1.